The van der Waals surface area contributed by atoms with Crippen LogP contribution >= 0.6 is 22.6 Å². The van der Waals surface area contributed by atoms with Gasteiger partial charge in [0.05, 0.1) is 8.49 Å². The molecule has 0 heterocycles. The molecule has 1 N–H and O–H groups in total. The normalized spacial score (nSPS) is 18.6. The van der Waals surface area contributed by atoms with Crippen LogP contribution in [0.2, 0.25) is 0 Å². The highest BCUT2D eigenvalue weighted by molar-refractivity contribution is 14.1. The quantitative estimate of drug-likeness (QED) is 0.466. The molecule has 102 valence electrons. The number of nitrogens with one attached hydrogen (secondary N) is 1. The first-order valence-corrected chi connectivity index (χ1v) is 7.91. The van der Waals surface area contributed by atoms with Crippen molar-refractivity contribution in [3.8, 4) is 0 Å². The van der Waals surface area contributed by atoms with E-state index in [0.717, 1.165) is 30.0 Å². The van der Waals surface area contributed by atoms with E-state index < -0.39 is 0 Å². The Balaban J connectivity index is 1.63. The third-order valence-corrected chi connectivity index (χ3v) is 5.01. The summed E-state index contributed by atoms with van der Waals surface area (Å²) in [6.07, 6.45) is 5.56. The zero-order valence-electron chi connectivity index (χ0n) is 10.6. The van der Waals surface area contributed by atoms with Gasteiger partial charge in [0.1, 0.15) is 0 Å². The van der Waals surface area contributed by atoms with Crippen LogP contribution < -0.4 is 5.32 Å². The van der Waals surface area contributed by atoms with Crippen molar-refractivity contribution in [1.29, 1.82) is 0 Å². The maximum atomic E-state index is 10.8. The average Bonchev–Trinajstić information content (AvgIpc) is 3.23. The second-order valence-corrected chi connectivity index (χ2v) is 6.81. The van der Waals surface area contributed by atoms with Crippen LogP contribution in [0.1, 0.15) is 25.7 Å². The van der Waals surface area contributed by atoms with Gasteiger partial charge in [-0.25, -0.2) is 0 Å². The van der Waals surface area contributed by atoms with Crippen LogP contribution in [0, 0.1) is 31.4 Å². The average molecular weight is 372 g/mol. The lowest BCUT2D eigenvalue weighted by atomic mass is 9.98. The summed E-state index contributed by atoms with van der Waals surface area (Å²) < 4.78 is 0.696. The molecule has 3 rings (SSSR count). The van der Waals surface area contributed by atoms with Gasteiger partial charge in [-0.15, -0.1) is 0 Å². The van der Waals surface area contributed by atoms with E-state index in [1.807, 2.05) is 34.7 Å². The summed E-state index contributed by atoms with van der Waals surface area (Å²) in [7, 11) is 0. The van der Waals surface area contributed by atoms with E-state index in [9.17, 15) is 10.1 Å². The molecule has 4 nitrogen and oxygen atoms in total. The van der Waals surface area contributed by atoms with Crippen LogP contribution in [0.5, 0.6) is 0 Å². The lowest BCUT2D eigenvalue weighted by Gasteiger charge is -2.17. The van der Waals surface area contributed by atoms with Gasteiger partial charge in [0.25, 0.3) is 5.69 Å². The Morgan fingerprint density at radius 2 is 1.95 bits per heavy atom. The number of benzene rings is 1. The van der Waals surface area contributed by atoms with Crippen LogP contribution in [0.25, 0.3) is 0 Å². The summed E-state index contributed by atoms with van der Waals surface area (Å²) in [5, 5.41) is 14.2. The molecule has 0 radical (unpaired) electrons. The van der Waals surface area contributed by atoms with Crippen LogP contribution in [0.3, 0.4) is 0 Å². The monoisotopic (exact) mass is 372 g/mol. The SMILES string of the molecule is O=[N+]([O-])c1ccc(NCC(C2CC2)C2CC2)cc1I. The zero-order valence-corrected chi connectivity index (χ0v) is 12.8. The molecule has 19 heavy (non-hydrogen) atoms. The molecule has 0 spiro atoms. The second-order valence-electron chi connectivity index (χ2n) is 5.64. The fourth-order valence-electron chi connectivity index (χ4n) is 2.77. The van der Waals surface area contributed by atoms with Crippen molar-refractivity contribution in [2.75, 3.05) is 11.9 Å². The molecule has 2 aliphatic carbocycles. The highest BCUT2D eigenvalue weighted by atomic mass is 127. The predicted molar refractivity (Wildman–Crippen MR) is 83.2 cm³/mol. The van der Waals surface area contributed by atoms with Crippen molar-refractivity contribution in [3.63, 3.8) is 0 Å². The first kappa shape index (κ1) is 13.1. The number of rotatable bonds is 6. The minimum Gasteiger partial charge on any atom is -0.385 e. The molecule has 1 aromatic rings. The first-order chi connectivity index (χ1) is 9.15. The molecule has 0 aliphatic heterocycles. The number of nitro groups is 1. The van der Waals surface area contributed by atoms with Crippen molar-refractivity contribution < 1.29 is 4.92 Å². The van der Waals surface area contributed by atoms with Crippen LogP contribution in [0.15, 0.2) is 18.2 Å². The summed E-state index contributed by atoms with van der Waals surface area (Å²) in [5.41, 5.74) is 1.19. The Bertz CT molecular complexity index is 486. The Kier molecular flexibility index (Phi) is 3.64. The van der Waals surface area contributed by atoms with Gasteiger partial charge < -0.3 is 5.32 Å². The molecule has 0 aromatic heterocycles. The predicted octanol–water partition coefficient (Wildman–Crippen LogP) is 4.05. The van der Waals surface area contributed by atoms with Gasteiger partial charge in [0.2, 0.25) is 0 Å². The highest BCUT2D eigenvalue weighted by Gasteiger charge is 2.40. The number of nitrogens with zero attached hydrogens (tertiary/aromatic N) is 1. The Morgan fingerprint density at radius 1 is 1.32 bits per heavy atom. The number of hydrogen-bond donors (Lipinski definition) is 1. The molecule has 0 bridgehead atoms. The molecular weight excluding hydrogens is 355 g/mol. The van der Waals surface area contributed by atoms with Crippen LogP contribution in [-0.2, 0) is 0 Å². The molecular formula is C14H17IN2O2. The smallest absolute Gasteiger partial charge is 0.282 e. The fraction of sp³-hybridized carbons (Fsp3) is 0.571. The summed E-state index contributed by atoms with van der Waals surface area (Å²) in [6.45, 7) is 1.02. The molecule has 5 heteroatoms. The topological polar surface area (TPSA) is 55.2 Å². The van der Waals surface area contributed by atoms with Crippen molar-refractivity contribution in [3.05, 3.63) is 31.9 Å². The minimum atomic E-state index is -0.331. The number of nitro benzene ring substituents is 1. The minimum absolute atomic E-state index is 0.187. The Morgan fingerprint density at radius 3 is 2.42 bits per heavy atom. The zero-order chi connectivity index (χ0) is 13.4. The van der Waals surface area contributed by atoms with Crippen molar-refractivity contribution >= 4 is 34.0 Å². The van der Waals surface area contributed by atoms with Gasteiger partial charge in [-0.05, 0) is 78.2 Å². The number of anilines is 1. The highest BCUT2D eigenvalue weighted by Crippen LogP contribution is 2.49. The third kappa shape index (κ3) is 3.19. The molecule has 2 saturated carbocycles. The standard InChI is InChI=1S/C14H17IN2O2/c15-13-7-11(5-6-14(13)17(18)19)16-8-12(9-1-2-9)10-3-4-10/h5-7,9-10,12,16H,1-4,8H2. The molecule has 2 aliphatic rings. The Labute approximate surface area is 126 Å². The maximum Gasteiger partial charge on any atom is 0.282 e. The van der Waals surface area contributed by atoms with Gasteiger partial charge in [-0.1, -0.05) is 0 Å². The molecule has 0 unspecified atom stereocenters. The van der Waals surface area contributed by atoms with E-state index in [0.29, 0.717) is 3.57 Å². The van der Waals surface area contributed by atoms with Crippen molar-refractivity contribution in [2.24, 2.45) is 17.8 Å². The summed E-state index contributed by atoms with van der Waals surface area (Å²) in [5.74, 6) is 2.67. The molecule has 2 fully saturated rings. The first-order valence-electron chi connectivity index (χ1n) is 6.83. The van der Waals surface area contributed by atoms with E-state index in [1.54, 1.807) is 6.07 Å². The largest absolute Gasteiger partial charge is 0.385 e. The number of hydrogen-bond acceptors (Lipinski definition) is 3. The van der Waals surface area contributed by atoms with Gasteiger partial charge in [-0.3, -0.25) is 10.1 Å². The van der Waals surface area contributed by atoms with E-state index in [2.05, 4.69) is 5.32 Å². The van der Waals surface area contributed by atoms with Gasteiger partial charge >= 0.3 is 0 Å². The fourth-order valence-corrected chi connectivity index (χ4v) is 3.48. The van der Waals surface area contributed by atoms with E-state index in [1.165, 1.54) is 25.7 Å². The van der Waals surface area contributed by atoms with Crippen LogP contribution in [-0.4, -0.2) is 11.5 Å². The summed E-state index contributed by atoms with van der Waals surface area (Å²) >= 11 is 2.03. The third-order valence-electron chi connectivity index (χ3n) is 4.14. The Hall–Kier alpha value is -0.850. The van der Waals surface area contributed by atoms with Gasteiger partial charge in [0, 0.05) is 18.3 Å². The van der Waals surface area contributed by atoms with E-state index in [-0.39, 0.29) is 10.6 Å². The van der Waals surface area contributed by atoms with Crippen molar-refractivity contribution in [1.82, 2.24) is 0 Å². The lowest BCUT2D eigenvalue weighted by Crippen LogP contribution is -2.18. The summed E-state index contributed by atoms with van der Waals surface area (Å²) in [4.78, 5) is 10.4. The second kappa shape index (κ2) is 5.26. The molecule has 0 atom stereocenters. The van der Waals surface area contributed by atoms with Gasteiger partial charge in [0.15, 0.2) is 0 Å². The lowest BCUT2D eigenvalue weighted by molar-refractivity contribution is -0.385. The molecule has 0 saturated heterocycles. The van der Waals surface area contributed by atoms with Crippen LogP contribution in [0.4, 0.5) is 11.4 Å². The van der Waals surface area contributed by atoms with E-state index in [4.69, 9.17) is 0 Å². The van der Waals surface area contributed by atoms with E-state index >= 15 is 0 Å². The van der Waals surface area contributed by atoms with Crippen molar-refractivity contribution in [2.45, 2.75) is 25.7 Å². The van der Waals surface area contributed by atoms with Gasteiger partial charge in [-0.2, -0.15) is 0 Å². The number of halogens is 1. The maximum absolute atomic E-state index is 10.8. The molecule has 0 amide bonds. The summed E-state index contributed by atoms with van der Waals surface area (Å²) in [6, 6.07) is 5.28. The molecule has 1 aromatic carbocycles.